The van der Waals surface area contributed by atoms with Crippen LogP contribution in [0.2, 0.25) is 0 Å². The van der Waals surface area contributed by atoms with Crippen LogP contribution in [0.5, 0.6) is 0 Å². The minimum atomic E-state index is -5.48. The summed E-state index contributed by atoms with van der Waals surface area (Å²) in [7, 11) is 0. The van der Waals surface area contributed by atoms with Gasteiger partial charge in [0.2, 0.25) is 0 Å². The third kappa shape index (κ3) is 3.61. The molecule has 0 aliphatic heterocycles. The average Bonchev–Trinajstić information content (AvgIpc) is 2.55. The van der Waals surface area contributed by atoms with Crippen molar-refractivity contribution in [1.82, 2.24) is 0 Å². The topological polar surface area (TPSA) is 0 Å². The molecule has 0 aliphatic rings. The summed E-state index contributed by atoms with van der Waals surface area (Å²) in [6, 6.07) is 8.91. The summed E-state index contributed by atoms with van der Waals surface area (Å²) in [6.45, 7) is 0. The summed E-state index contributed by atoms with van der Waals surface area (Å²) in [5.74, 6) is -10.1. The third-order valence-electron chi connectivity index (χ3n) is 3.26. The van der Waals surface area contributed by atoms with Gasteiger partial charge in [-0.3, -0.25) is 0 Å². The second-order valence-electron chi connectivity index (χ2n) is 5.02. The van der Waals surface area contributed by atoms with Crippen molar-refractivity contribution in [3.05, 3.63) is 71.8 Å². The van der Waals surface area contributed by atoms with Crippen LogP contribution >= 0.6 is 11.8 Å². The van der Waals surface area contributed by atoms with Gasteiger partial charge in [0.1, 0.15) is 0 Å². The van der Waals surface area contributed by atoms with Crippen LogP contribution in [0.15, 0.2) is 60.7 Å². The lowest BCUT2D eigenvalue weighted by atomic mass is 10.1. The Morgan fingerprint density at radius 2 is 0.760 bits per heavy atom. The fourth-order valence-corrected chi connectivity index (χ4v) is 2.73. The Balaban J connectivity index is 2.35. The van der Waals surface area contributed by atoms with Crippen LogP contribution in [0, 0.1) is 0 Å². The van der Waals surface area contributed by atoms with Crippen molar-refractivity contribution < 1.29 is 35.1 Å². The summed E-state index contributed by atoms with van der Waals surface area (Å²) in [5.41, 5.74) is -2.52. The number of hydrogen-bond acceptors (Lipinski definition) is 1. The molecule has 0 saturated carbocycles. The molecule has 2 aromatic rings. The van der Waals surface area contributed by atoms with Crippen molar-refractivity contribution in [3.8, 4) is 0 Å². The van der Waals surface area contributed by atoms with E-state index < -0.39 is 45.2 Å². The number of hydrogen-bond donors (Lipinski definition) is 0. The third-order valence-corrected chi connectivity index (χ3v) is 4.29. The van der Waals surface area contributed by atoms with E-state index in [1.165, 1.54) is 12.1 Å². The molecule has 0 aliphatic carbocycles. The fraction of sp³-hybridized carbons (Fsp3) is 0.250. The number of halogens is 8. The SMILES string of the molecule is FC(F)(SC(F)(F)C(F)(F)c1ccccc1)C(F)(F)c1ccccc1. The quantitative estimate of drug-likeness (QED) is 0.512. The van der Waals surface area contributed by atoms with Gasteiger partial charge in [-0.1, -0.05) is 60.7 Å². The zero-order chi connectivity index (χ0) is 18.9. The van der Waals surface area contributed by atoms with Gasteiger partial charge < -0.3 is 0 Å². The maximum Gasteiger partial charge on any atom is 0.366 e. The molecule has 2 rings (SSSR count). The average molecular weight is 386 g/mol. The van der Waals surface area contributed by atoms with Gasteiger partial charge in [-0.25, -0.2) is 0 Å². The maximum atomic E-state index is 13.9. The second-order valence-corrected chi connectivity index (χ2v) is 6.25. The van der Waals surface area contributed by atoms with Crippen molar-refractivity contribution in [1.29, 1.82) is 0 Å². The molecule has 0 radical (unpaired) electrons. The van der Waals surface area contributed by atoms with Gasteiger partial charge in [0, 0.05) is 11.1 Å². The minimum Gasteiger partial charge on any atom is -0.193 e. The van der Waals surface area contributed by atoms with Crippen molar-refractivity contribution in [3.63, 3.8) is 0 Å². The zero-order valence-corrected chi connectivity index (χ0v) is 13.0. The van der Waals surface area contributed by atoms with E-state index in [1.807, 2.05) is 0 Å². The highest BCUT2D eigenvalue weighted by atomic mass is 32.2. The Morgan fingerprint density at radius 3 is 1.04 bits per heavy atom. The lowest BCUT2D eigenvalue weighted by molar-refractivity contribution is -0.181. The number of alkyl halides is 8. The first-order valence-electron chi connectivity index (χ1n) is 6.74. The zero-order valence-electron chi connectivity index (χ0n) is 12.2. The normalized spacial score (nSPS) is 13.8. The molecule has 0 aromatic heterocycles. The first-order chi connectivity index (χ1) is 11.4. The highest BCUT2D eigenvalue weighted by Gasteiger charge is 2.69. The molecule has 0 heterocycles. The van der Waals surface area contributed by atoms with Gasteiger partial charge in [-0.05, 0) is 11.8 Å². The second kappa shape index (κ2) is 6.51. The van der Waals surface area contributed by atoms with Crippen molar-refractivity contribution in [2.24, 2.45) is 0 Å². The molecule has 0 bridgehead atoms. The van der Waals surface area contributed by atoms with Crippen LogP contribution in [-0.4, -0.2) is 10.5 Å². The molecule has 2 aromatic carbocycles. The molecule has 0 spiro atoms. The van der Waals surface area contributed by atoms with Gasteiger partial charge in [-0.2, -0.15) is 35.1 Å². The maximum absolute atomic E-state index is 13.9. The minimum absolute atomic E-state index is 0.599. The predicted molar refractivity (Wildman–Crippen MR) is 78.2 cm³/mol. The van der Waals surface area contributed by atoms with E-state index in [-0.39, 0.29) is 0 Å². The standard InChI is InChI=1S/C16H10F8S/c17-13(18,11-7-3-1-4-8-11)15(21,22)25-16(23,24)14(19,20)12-9-5-2-6-10-12/h1-10H. The van der Waals surface area contributed by atoms with Crippen LogP contribution in [-0.2, 0) is 11.8 Å². The Kier molecular flexibility index (Phi) is 5.09. The van der Waals surface area contributed by atoms with Gasteiger partial charge in [0.25, 0.3) is 0 Å². The molecule has 0 fully saturated rings. The van der Waals surface area contributed by atoms with E-state index in [2.05, 4.69) is 0 Å². The van der Waals surface area contributed by atoms with E-state index >= 15 is 0 Å². The Morgan fingerprint density at radius 1 is 0.480 bits per heavy atom. The Bertz CT molecular complexity index is 639. The van der Waals surface area contributed by atoms with Gasteiger partial charge in [-0.15, -0.1) is 0 Å². The van der Waals surface area contributed by atoms with E-state index in [9.17, 15) is 35.1 Å². The van der Waals surface area contributed by atoms with Crippen molar-refractivity contribution in [2.75, 3.05) is 0 Å². The molecule has 0 unspecified atom stereocenters. The van der Waals surface area contributed by atoms with Crippen molar-refractivity contribution in [2.45, 2.75) is 22.4 Å². The van der Waals surface area contributed by atoms with Crippen LogP contribution in [0.25, 0.3) is 0 Å². The molecule has 136 valence electrons. The summed E-state index contributed by atoms with van der Waals surface area (Å²) in [6.07, 6.45) is 0. The highest BCUT2D eigenvalue weighted by molar-refractivity contribution is 8.01. The van der Waals surface area contributed by atoms with Crippen molar-refractivity contribution >= 4 is 11.8 Å². The Hall–Kier alpha value is -1.77. The number of benzene rings is 2. The van der Waals surface area contributed by atoms with E-state index in [1.54, 1.807) is 0 Å². The van der Waals surface area contributed by atoms with Crippen LogP contribution in [0.1, 0.15) is 11.1 Å². The molecule has 0 atom stereocenters. The highest BCUT2D eigenvalue weighted by Crippen LogP contribution is 2.60. The molecule has 9 heteroatoms. The van der Waals surface area contributed by atoms with Crippen LogP contribution < -0.4 is 0 Å². The lowest BCUT2D eigenvalue weighted by Gasteiger charge is -2.32. The molecular formula is C16H10F8S. The van der Waals surface area contributed by atoms with Gasteiger partial charge in [0.15, 0.2) is 0 Å². The summed E-state index contributed by atoms with van der Waals surface area (Å²) in [4.78, 5) is 0. The first-order valence-corrected chi connectivity index (χ1v) is 7.56. The molecule has 0 nitrogen and oxygen atoms in total. The van der Waals surface area contributed by atoms with Gasteiger partial charge in [0.05, 0.1) is 0 Å². The summed E-state index contributed by atoms with van der Waals surface area (Å²) < 4.78 is 111. The molecular weight excluding hydrogens is 376 g/mol. The van der Waals surface area contributed by atoms with E-state index in [0.29, 0.717) is 24.3 Å². The van der Waals surface area contributed by atoms with Crippen LogP contribution in [0.3, 0.4) is 0 Å². The molecule has 25 heavy (non-hydrogen) atoms. The lowest BCUT2D eigenvalue weighted by Crippen LogP contribution is -2.43. The summed E-state index contributed by atoms with van der Waals surface area (Å²) in [5, 5.41) is -11.0. The van der Waals surface area contributed by atoms with E-state index in [0.717, 1.165) is 24.3 Å². The Labute approximate surface area is 141 Å². The number of rotatable bonds is 6. The monoisotopic (exact) mass is 386 g/mol. The number of thioether (sulfide) groups is 1. The fourth-order valence-electron chi connectivity index (χ4n) is 1.92. The molecule has 0 N–H and O–H groups in total. The van der Waals surface area contributed by atoms with Crippen LogP contribution in [0.4, 0.5) is 35.1 Å². The molecule has 0 saturated heterocycles. The summed E-state index contributed by atoms with van der Waals surface area (Å²) >= 11 is -2.06. The smallest absolute Gasteiger partial charge is 0.193 e. The first kappa shape index (κ1) is 19.6. The predicted octanol–water partition coefficient (Wildman–Crippen LogP) is 6.49. The largest absolute Gasteiger partial charge is 0.366 e. The van der Waals surface area contributed by atoms with Gasteiger partial charge >= 0.3 is 22.4 Å². The molecule has 0 amide bonds. The van der Waals surface area contributed by atoms with E-state index in [4.69, 9.17) is 0 Å².